The molecule has 0 bridgehead atoms. The lowest BCUT2D eigenvalue weighted by molar-refractivity contribution is 0.0945. The Morgan fingerprint density at radius 2 is 1.94 bits per heavy atom. The van der Waals surface area contributed by atoms with Gasteiger partial charge in [0.1, 0.15) is 0 Å². The van der Waals surface area contributed by atoms with E-state index in [1.807, 2.05) is 36.4 Å². The van der Waals surface area contributed by atoms with Gasteiger partial charge in [-0.1, -0.05) is 48.1 Å². The van der Waals surface area contributed by atoms with Gasteiger partial charge < -0.3 is 10.2 Å². The number of nitrogens with zero attached hydrogens (tertiary/aromatic N) is 3. The van der Waals surface area contributed by atoms with Gasteiger partial charge in [0.15, 0.2) is 5.13 Å². The summed E-state index contributed by atoms with van der Waals surface area (Å²) in [5.74, 6) is 0.964. The molecule has 1 aromatic heterocycles. The van der Waals surface area contributed by atoms with Crippen LogP contribution in [0.2, 0.25) is 5.02 Å². The van der Waals surface area contributed by atoms with Crippen molar-refractivity contribution >= 4 is 68.4 Å². The first-order valence-corrected chi connectivity index (χ1v) is 12.8. The number of thiazole rings is 1. The zero-order valence-electron chi connectivity index (χ0n) is 18.3. The van der Waals surface area contributed by atoms with Crippen molar-refractivity contribution in [2.45, 2.75) is 18.7 Å². The van der Waals surface area contributed by atoms with Crippen LogP contribution in [0.3, 0.4) is 0 Å². The SMILES string of the molecule is CCSc1ccccc1C(=O)NCCN1CCN(c2nc3c(C)ccc(Cl)c3s2)CC1.Cl. The van der Waals surface area contributed by atoms with Gasteiger partial charge in [0.2, 0.25) is 0 Å². The first-order valence-electron chi connectivity index (χ1n) is 10.6. The number of aromatic nitrogens is 1. The number of nitrogens with one attached hydrogen (secondary N) is 1. The lowest BCUT2D eigenvalue weighted by Gasteiger charge is -2.34. The molecule has 2 aromatic carbocycles. The summed E-state index contributed by atoms with van der Waals surface area (Å²) >= 11 is 9.75. The van der Waals surface area contributed by atoms with Crippen molar-refractivity contribution < 1.29 is 4.79 Å². The van der Waals surface area contributed by atoms with Crippen LogP contribution < -0.4 is 10.2 Å². The second kappa shape index (κ2) is 11.6. The van der Waals surface area contributed by atoms with Crippen LogP contribution in [-0.4, -0.2) is 60.8 Å². The Morgan fingerprint density at radius 1 is 1.19 bits per heavy atom. The van der Waals surface area contributed by atoms with E-state index in [0.29, 0.717) is 6.54 Å². The molecule has 1 aliphatic rings. The first kappa shape index (κ1) is 25.1. The summed E-state index contributed by atoms with van der Waals surface area (Å²) in [6.45, 7) is 9.46. The van der Waals surface area contributed by atoms with Crippen LogP contribution in [0.25, 0.3) is 10.2 Å². The van der Waals surface area contributed by atoms with E-state index in [2.05, 4.69) is 29.0 Å². The number of halogens is 2. The number of hydrogen-bond acceptors (Lipinski definition) is 6. The zero-order chi connectivity index (χ0) is 21.8. The van der Waals surface area contributed by atoms with Gasteiger partial charge in [-0.05, 0) is 36.4 Å². The molecule has 5 nitrogen and oxygen atoms in total. The Bertz CT molecular complexity index is 1030. The van der Waals surface area contributed by atoms with Crippen LogP contribution in [0.5, 0.6) is 0 Å². The number of rotatable bonds is 7. The lowest BCUT2D eigenvalue weighted by Crippen LogP contribution is -2.48. The average Bonchev–Trinajstić information content (AvgIpc) is 3.24. The number of anilines is 1. The minimum absolute atomic E-state index is 0. The van der Waals surface area contributed by atoms with E-state index in [-0.39, 0.29) is 18.3 Å². The summed E-state index contributed by atoms with van der Waals surface area (Å²) in [5, 5.41) is 4.91. The highest BCUT2D eigenvalue weighted by atomic mass is 35.5. The molecule has 172 valence electrons. The standard InChI is InChI=1S/C23H27ClN4OS2.ClH/c1-3-30-19-7-5-4-6-17(19)22(29)25-10-11-27-12-14-28(15-13-27)23-26-20-16(2)8-9-18(24)21(20)31-23;/h4-9H,3,10-15H2,1-2H3,(H,25,29);1H. The second-order valence-electron chi connectivity index (χ2n) is 7.55. The number of fused-ring (bicyclic) bond motifs is 1. The molecule has 0 unspecified atom stereocenters. The third-order valence-corrected chi connectivity index (χ3v) is 8.01. The molecule has 1 saturated heterocycles. The van der Waals surface area contributed by atoms with Gasteiger partial charge in [-0.25, -0.2) is 4.98 Å². The van der Waals surface area contributed by atoms with Gasteiger partial charge in [0.05, 0.1) is 20.8 Å². The zero-order valence-corrected chi connectivity index (χ0v) is 21.5. The Hall–Kier alpha value is -1.51. The van der Waals surface area contributed by atoms with Crippen LogP contribution in [0, 0.1) is 6.92 Å². The Labute approximate surface area is 208 Å². The fraction of sp³-hybridized carbons (Fsp3) is 0.391. The molecule has 1 aliphatic heterocycles. The molecule has 1 fully saturated rings. The summed E-state index contributed by atoms with van der Waals surface area (Å²) in [6.07, 6.45) is 0. The smallest absolute Gasteiger partial charge is 0.252 e. The van der Waals surface area contributed by atoms with Crippen molar-refractivity contribution in [3.8, 4) is 0 Å². The predicted octanol–water partition coefficient (Wildman–Crippen LogP) is 5.34. The summed E-state index contributed by atoms with van der Waals surface area (Å²) in [5.41, 5.74) is 2.94. The second-order valence-corrected chi connectivity index (χ2v) is 10.2. The maximum Gasteiger partial charge on any atom is 0.252 e. The highest BCUT2D eigenvalue weighted by Crippen LogP contribution is 2.35. The number of carbonyl (C=O) groups is 1. The van der Waals surface area contributed by atoms with Crippen molar-refractivity contribution in [2.24, 2.45) is 0 Å². The summed E-state index contributed by atoms with van der Waals surface area (Å²) in [7, 11) is 0. The van der Waals surface area contributed by atoms with Crippen LogP contribution in [-0.2, 0) is 0 Å². The summed E-state index contributed by atoms with van der Waals surface area (Å²) in [6, 6.07) is 11.8. The third kappa shape index (κ3) is 5.69. The van der Waals surface area contributed by atoms with Crippen LogP contribution in [0.1, 0.15) is 22.8 Å². The minimum atomic E-state index is 0. The lowest BCUT2D eigenvalue weighted by atomic mass is 10.2. The Balaban J connectivity index is 0.00000289. The average molecular weight is 512 g/mol. The summed E-state index contributed by atoms with van der Waals surface area (Å²) in [4.78, 5) is 23.2. The van der Waals surface area contributed by atoms with Crippen molar-refractivity contribution in [1.29, 1.82) is 0 Å². The van der Waals surface area contributed by atoms with E-state index in [0.717, 1.165) is 74.9 Å². The molecule has 1 amide bonds. The highest BCUT2D eigenvalue weighted by molar-refractivity contribution is 7.99. The molecule has 2 heterocycles. The van der Waals surface area contributed by atoms with E-state index in [1.54, 1.807) is 23.1 Å². The summed E-state index contributed by atoms with van der Waals surface area (Å²) < 4.78 is 1.07. The molecule has 0 spiro atoms. The van der Waals surface area contributed by atoms with E-state index in [9.17, 15) is 4.79 Å². The first-order chi connectivity index (χ1) is 15.1. The van der Waals surface area contributed by atoms with Gasteiger partial charge in [0.25, 0.3) is 5.91 Å². The van der Waals surface area contributed by atoms with Gasteiger partial charge in [-0.15, -0.1) is 24.2 Å². The quantitative estimate of drug-likeness (QED) is 0.434. The highest BCUT2D eigenvalue weighted by Gasteiger charge is 2.21. The van der Waals surface area contributed by atoms with Gasteiger partial charge in [-0.2, -0.15) is 0 Å². The van der Waals surface area contributed by atoms with Gasteiger partial charge >= 0.3 is 0 Å². The maximum atomic E-state index is 12.6. The maximum absolute atomic E-state index is 12.6. The number of benzene rings is 2. The van der Waals surface area contributed by atoms with Crippen molar-refractivity contribution in [3.63, 3.8) is 0 Å². The largest absolute Gasteiger partial charge is 0.351 e. The molecule has 0 radical (unpaired) electrons. The molecule has 32 heavy (non-hydrogen) atoms. The van der Waals surface area contributed by atoms with E-state index in [4.69, 9.17) is 16.6 Å². The number of aryl methyl sites for hydroxylation is 1. The van der Waals surface area contributed by atoms with Crippen LogP contribution >= 0.6 is 47.1 Å². The Kier molecular flexibility index (Phi) is 9.08. The monoisotopic (exact) mass is 510 g/mol. The molecule has 4 rings (SSSR count). The number of amides is 1. The fourth-order valence-electron chi connectivity index (χ4n) is 3.75. The molecule has 1 N–H and O–H groups in total. The van der Waals surface area contributed by atoms with Crippen LogP contribution in [0.4, 0.5) is 5.13 Å². The minimum Gasteiger partial charge on any atom is -0.351 e. The number of hydrogen-bond donors (Lipinski definition) is 1. The number of carbonyl (C=O) groups excluding carboxylic acids is 1. The molecule has 0 saturated carbocycles. The molecule has 0 aliphatic carbocycles. The van der Waals surface area contributed by atoms with Crippen molar-refractivity contribution in [2.75, 3.05) is 49.9 Å². The topological polar surface area (TPSA) is 48.5 Å². The molecular weight excluding hydrogens is 483 g/mol. The molecule has 9 heteroatoms. The van der Waals surface area contributed by atoms with Crippen molar-refractivity contribution in [3.05, 3.63) is 52.5 Å². The van der Waals surface area contributed by atoms with Crippen LogP contribution in [0.15, 0.2) is 41.3 Å². The Morgan fingerprint density at radius 3 is 2.66 bits per heavy atom. The van der Waals surface area contributed by atoms with Gasteiger partial charge in [0, 0.05) is 44.2 Å². The predicted molar refractivity (Wildman–Crippen MR) is 140 cm³/mol. The molecular formula is C23H28Cl2N4OS2. The fourth-order valence-corrected chi connectivity index (χ4v) is 5.92. The third-order valence-electron chi connectivity index (χ3n) is 5.47. The normalized spacial score (nSPS) is 14.4. The van der Waals surface area contributed by atoms with E-state index < -0.39 is 0 Å². The number of thioether (sulfide) groups is 1. The van der Waals surface area contributed by atoms with Crippen molar-refractivity contribution in [1.82, 2.24) is 15.2 Å². The number of piperazine rings is 1. The molecule has 0 atom stereocenters. The van der Waals surface area contributed by atoms with Gasteiger partial charge in [-0.3, -0.25) is 9.69 Å². The van der Waals surface area contributed by atoms with E-state index >= 15 is 0 Å². The van der Waals surface area contributed by atoms with E-state index in [1.165, 1.54) is 0 Å². The molecule has 3 aromatic rings.